The maximum atomic E-state index is 13.0. The Hall–Kier alpha value is -3.58. The van der Waals surface area contributed by atoms with Gasteiger partial charge in [0.25, 0.3) is 5.91 Å². The van der Waals surface area contributed by atoms with Crippen molar-refractivity contribution in [2.45, 2.75) is 33.4 Å². The molecule has 0 unspecified atom stereocenters. The highest BCUT2D eigenvalue weighted by atomic mass is 35.5. The molecule has 32 heavy (non-hydrogen) atoms. The smallest absolute Gasteiger partial charge is 0.251 e. The molecular weight excluding hydrogens is 424 g/mol. The van der Waals surface area contributed by atoms with Gasteiger partial charge < -0.3 is 5.32 Å². The number of aryl methyl sites for hydroxylation is 2. The zero-order valence-electron chi connectivity index (χ0n) is 17.9. The van der Waals surface area contributed by atoms with Crippen LogP contribution in [0.25, 0.3) is 22.5 Å². The summed E-state index contributed by atoms with van der Waals surface area (Å²) in [5, 5.41) is 16.1. The molecule has 0 aliphatic carbocycles. The number of nitrogens with one attached hydrogen (secondary N) is 1. The average Bonchev–Trinajstić information content (AvgIpc) is 3.27. The number of carbonyl (C=O) groups excluding carboxylic acids is 1. The van der Waals surface area contributed by atoms with E-state index in [1.807, 2.05) is 54.1 Å². The fourth-order valence-corrected chi connectivity index (χ4v) is 3.47. The van der Waals surface area contributed by atoms with Gasteiger partial charge >= 0.3 is 0 Å². The largest absolute Gasteiger partial charge is 0.346 e. The van der Waals surface area contributed by atoms with E-state index in [4.69, 9.17) is 11.6 Å². The standard InChI is InChI=1S/C24H23ClN6O/c1-3-10-31-23(8-9-28-31)18-11-17(22-7-5-20(25)14-26-22)12-19(13-18)24(32)27-15-21-6-4-16(2)29-30-21/h4-9,11-14H,3,10,15H2,1-2H3,(H,27,32). The van der Waals surface area contributed by atoms with E-state index in [1.165, 1.54) is 0 Å². The third kappa shape index (κ3) is 5.00. The van der Waals surface area contributed by atoms with E-state index in [1.54, 1.807) is 18.5 Å². The first-order chi connectivity index (χ1) is 15.5. The molecular formula is C24H23ClN6O. The maximum absolute atomic E-state index is 13.0. The Kier molecular flexibility index (Phi) is 6.56. The van der Waals surface area contributed by atoms with E-state index >= 15 is 0 Å². The van der Waals surface area contributed by atoms with Crippen LogP contribution in [0.4, 0.5) is 0 Å². The first kappa shape index (κ1) is 21.6. The second kappa shape index (κ2) is 9.70. The van der Waals surface area contributed by atoms with Crippen LogP contribution in [0, 0.1) is 6.92 Å². The predicted molar refractivity (Wildman–Crippen MR) is 124 cm³/mol. The Labute approximate surface area is 191 Å². The van der Waals surface area contributed by atoms with Crippen molar-refractivity contribution in [3.8, 4) is 22.5 Å². The number of benzene rings is 1. The van der Waals surface area contributed by atoms with Gasteiger partial charge in [0.15, 0.2) is 0 Å². The van der Waals surface area contributed by atoms with Crippen LogP contribution in [0.3, 0.4) is 0 Å². The molecule has 0 bridgehead atoms. The number of rotatable bonds is 7. The van der Waals surface area contributed by atoms with Crippen molar-refractivity contribution < 1.29 is 4.79 Å². The van der Waals surface area contributed by atoms with Crippen LogP contribution in [-0.2, 0) is 13.1 Å². The third-order valence-corrected chi connectivity index (χ3v) is 5.17. The summed E-state index contributed by atoms with van der Waals surface area (Å²) >= 11 is 6.01. The summed E-state index contributed by atoms with van der Waals surface area (Å²) in [6.45, 7) is 5.06. The van der Waals surface area contributed by atoms with Gasteiger partial charge in [-0.05, 0) is 61.9 Å². The van der Waals surface area contributed by atoms with Crippen LogP contribution in [0.15, 0.2) is 60.9 Å². The van der Waals surface area contributed by atoms with Crippen molar-refractivity contribution in [2.24, 2.45) is 0 Å². The van der Waals surface area contributed by atoms with E-state index in [0.717, 1.165) is 41.2 Å². The number of nitrogens with zero attached hydrogens (tertiary/aromatic N) is 5. The highest BCUT2D eigenvalue weighted by molar-refractivity contribution is 6.30. The van der Waals surface area contributed by atoms with Gasteiger partial charge in [-0.1, -0.05) is 18.5 Å². The summed E-state index contributed by atoms with van der Waals surface area (Å²) in [5.74, 6) is -0.203. The van der Waals surface area contributed by atoms with Gasteiger partial charge in [-0.15, -0.1) is 0 Å². The molecule has 1 aromatic carbocycles. The van der Waals surface area contributed by atoms with Gasteiger partial charge in [-0.3, -0.25) is 14.5 Å². The number of hydrogen-bond acceptors (Lipinski definition) is 5. The van der Waals surface area contributed by atoms with E-state index in [0.29, 0.717) is 22.8 Å². The molecule has 1 amide bonds. The molecule has 4 aromatic rings. The maximum Gasteiger partial charge on any atom is 0.251 e. The summed E-state index contributed by atoms with van der Waals surface area (Å²) in [6.07, 6.45) is 4.33. The van der Waals surface area contributed by atoms with Gasteiger partial charge in [0.05, 0.1) is 34.3 Å². The number of halogens is 1. The molecule has 8 heteroatoms. The quantitative estimate of drug-likeness (QED) is 0.444. The van der Waals surface area contributed by atoms with Gasteiger partial charge in [0, 0.05) is 35.6 Å². The lowest BCUT2D eigenvalue weighted by Gasteiger charge is -2.12. The predicted octanol–water partition coefficient (Wildman–Crippen LogP) is 4.70. The van der Waals surface area contributed by atoms with Gasteiger partial charge in [-0.2, -0.15) is 15.3 Å². The number of carbonyl (C=O) groups is 1. The van der Waals surface area contributed by atoms with Crippen molar-refractivity contribution in [2.75, 3.05) is 0 Å². The van der Waals surface area contributed by atoms with Gasteiger partial charge in [0.1, 0.15) is 0 Å². The topological polar surface area (TPSA) is 85.6 Å². The first-order valence-electron chi connectivity index (χ1n) is 10.4. The second-order valence-corrected chi connectivity index (χ2v) is 7.89. The molecule has 3 aromatic heterocycles. The second-order valence-electron chi connectivity index (χ2n) is 7.45. The van der Waals surface area contributed by atoms with Crippen LogP contribution < -0.4 is 5.32 Å². The van der Waals surface area contributed by atoms with Crippen molar-refractivity contribution in [1.29, 1.82) is 0 Å². The normalized spacial score (nSPS) is 10.8. The van der Waals surface area contributed by atoms with Crippen LogP contribution in [0.1, 0.15) is 35.1 Å². The van der Waals surface area contributed by atoms with Crippen LogP contribution >= 0.6 is 11.6 Å². The zero-order chi connectivity index (χ0) is 22.5. The summed E-state index contributed by atoms with van der Waals surface area (Å²) < 4.78 is 1.94. The van der Waals surface area contributed by atoms with Gasteiger partial charge in [0.2, 0.25) is 0 Å². The molecule has 7 nitrogen and oxygen atoms in total. The van der Waals surface area contributed by atoms with Crippen LogP contribution in [-0.4, -0.2) is 30.9 Å². The highest BCUT2D eigenvalue weighted by Gasteiger charge is 2.14. The molecule has 0 atom stereocenters. The summed E-state index contributed by atoms with van der Waals surface area (Å²) in [7, 11) is 0. The minimum atomic E-state index is -0.203. The third-order valence-electron chi connectivity index (χ3n) is 4.95. The number of aromatic nitrogens is 5. The van der Waals surface area contributed by atoms with E-state index in [-0.39, 0.29) is 5.91 Å². The highest BCUT2D eigenvalue weighted by Crippen LogP contribution is 2.28. The van der Waals surface area contributed by atoms with E-state index in [2.05, 4.69) is 32.5 Å². The molecule has 0 aliphatic rings. The Morgan fingerprint density at radius 1 is 1.06 bits per heavy atom. The van der Waals surface area contributed by atoms with Gasteiger partial charge in [-0.25, -0.2) is 0 Å². The monoisotopic (exact) mass is 446 g/mol. The lowest BCUT2D eigenvalue weighted by Crippen LogP contribution is -2.23. The summed E-state index contributed by atoms with van der Waals surface area (Å²) in [4.78, 5) is 17.5. The van der Waals surface area contributed by atoms with E-state index in [9.17, 15) is 4.79 Å². The molecule has 0 radical (unpaired) electrons. The number of hydrogen-bond donors (Lipinski definition) is 1. The zero-order valence-corrected chi connectivity index (χ0v) is 18.7. The average molecular weight is 447 g/mol. The molecule has 3 heterocycles. The van der Waals surface area contributed by atoms with Crippen molar-refractivity contribution in [3.63, 3.8) is 0 Å². The number of pyridine rings is 1. The molecule has 0 aliphatic heterocycles. The van der Waals surface area contributed by atoms with Crippen LogP contribution in [0.5, 0.6) is 0 Å². The molecule has 0 fully saturated rings. The molecule has 0 spiro atoms. The fourth-order valence-electron chi connectivity index (χ4n) is 3.36. The lowest BCUT2D eigenvalue weighted by molar-refractivity contribution is 0.0950. The Morgan fingerprint density at radius 3 is 2.62 bits per heavy atom. The minimum Gasteiger partial charge on any atom is -0.346 e. The minimum absolute atomic E-state index is 0.203. The SMILES string of the molecule is CCCn1nccc1-c1cc(C(=O)NCc2ccc(C)nn2)cc(-c2ccc(Cl)cn2)c1. The molecule has 0 saturated carbocycles. The van der Waals surface area contributed by atoms with E-state index < -0.39 is 0 Å². The Balaban J connectivity index is 1.69. The van der Waals surface area contributed by atoms with Crippen molar-refractivity contribution in [1.82, 2.24) is 30.3 Å². The number of amides is 1. The first-order valence-corrected chi connectivity index (χ1v) is 10.8. The van der Waals surface area contributed by atoms with Crippen molar-refractivity contribution >= 4 is 17.5 Å². The molecule has 4 rings (SSSR count). The molecule has 162 valence electrons. The van der Waals surface area contributed by atoms with Crippen molar-refractivity contribution in [3.05, 3.63) is 82.9 Å². The van der Waals surface area contributed by atoms with Crippen LogP contribution in [0.2, 0.25) is 5.02 Å². The Bertz CT molecular complexity index is 1220. The summed E-state index contributed by atoms with van der Waals surface area (Å²) in [5.41, 5.74) is 5.45. The molecule has 1 N–H and O–H groups in total. The summed E-state index contributed by atoms with van der Waals surface area (Å²) in [6, 6.07) is 15.0. The Morgan fingerprint density at radius 2 is 1.91 bits per heavy atom. The molecule has 0 saturated heterocycles. The lowest BCUT2D eigenvalue weighted by atomic mass is 10.0. The fraction of sp³-hybridized carbons (Fsp3) is 0.208.